The van der Waals surface area contributed by atoms with Crippen LogP contribution in [0.15, 0.2) is 0 Å². The van der Waals surface area contributed by atoms with Crippen molar-refractivity contribution in [3.63, 3.8) is 0 Å². The van der Waals surface area contributed by atoms with Gasteiger partial charge in [0.15, 0.2) is 43.8 Å². The summed E-state index contributed by atoms with van der Waals surface area (Å²) in [5.74, 6) is -3.42. The van der Waals surface area contributed by atoms with Gasteiger partial charge in [-0.1, -0.05) is 0 Å². The SMILES string of the molecule is CC(=O)N[C@H]1[C@H](O[C@H]2[C@@H](O)[C@H](O)[C@@H](CO[C@@H]3O[C@H](CO)[C@@H](O[C@@H]4O[C@H](CO)[C@H](O)[C@H](O[C@@H]5O[C@H](C(=O)O)[C@@H](O)[C@H](O)[C@H]5O)[C@H]4O)[C@H](O)[C@H]3NC(C)=O)O[C@@H]2O)O[C@H](CO)[C@@H](O[C@@H]2O[C@H](CO)[C@H](O)[C@H](O)[C@H]2O)[C@@H]1O. The Kier molecular flexibility index (Phi) is 21.1. The molecule has 0 aromatic carbocycles. The number of amides is 2. The molecular formula is C40H66N2O32. The Morgan fingerprint density at radius 1 is 0.392 bits per heavy atom. The number of hydrogen-bond acceptors (Lipinski definition) is 31. The molecule has 2 amide bonds. The lowest BCUT2D eigenvalue weighted by Gasteiger charge is -2.49. The molecule has 0 spiro atoms. The Morgan fingerprint density at radius 3 is 1.30 bits per heavy atom. The third-order valence-electron chi connectivity index (χ3n) is 13.2. The van der Waals surface area contributed by atoms with Gasteiger partial charge in [-0.25, -0.2) is 4.79 Å². The van der Waals surface area contributed by atoms with Gasteiger partial charge in [0.05, 0.1) is 33.0 Å². The molecule has 0 aliphatic carbocycles. The molecule has 6 saturated heterocycles. The fourth-order valence-electron chi connectivity index (χ4n) is 9.19. The molecule has 34 nitrogen and oxygen atoms in total. The van der Waals surface area contributed by atoms with Gasteiger partial charge in [0.1, 0.15) is 140 Å². The van der Waals surface area contributed by atoms with E-state index in [9.17, 15) is 106 Å². The lowest BCUT2D eigenvalue weighted by atomic mass is 9.94. The third kappa shape index (κ3) is 12.9. The predicted molar refractivity (Wildman–Crippen MR) is 223 cm³/mol. The smallest absolute Gasteiger partial charge is 0.335 e. The molecule has 6 heterocycles. The zero-order valence-corrected chi connectivity index (χ0v) is 39.1. The van der Waals surface area contributed by atoms with Crippen molar-refractivity contribution >= 4 is 17.8 Å². The van der Waals surface area contributed by atoms with Crippen LogP contribution in [0.4, 0.5) is 0 Å². The molecule has 0 saturated carbocycles. The van der Waals surface area contributed by atoms with E-state index in [0.29, 0.717) is 0 Å². The van der Waals surface area contributed by atoms with Crippen LogP contribution in [-0.2, 0) is 66.5 Å². The summed E-state index contributed by atoms with van der Waals surface area (Å²) in [5, 5.41) is 195. The number of nitrogens with one attached hydrogen (secondary N) is 2. The molecule has 0 aromatic heterocycles. The zero-order chi connectivity index (χ0) is 54.8. The monoisotopic (exact) mass is 1090 g/mol. The summed E-state index contributed by atoms with van der Waals surface area (Å²) in [7, 11) is 0. The predicted octanol–water partition coefficient (Wildman–Crippen LogP) is -13.7. The normalized spacial score (nSPS) is 49.2. The summed E-state index contributed by atoms with van der Waals surface area (Å²) in [6.07, 6.45) is -54.2. The maximum atomic E-state index is 12.4. The molecule has 6 aliphatic heterocycles. The maximum absolute atomic E-state index is 12.4. The van der Waals surface area contributed by atoms with Crippen LogP contribution in [0.1, 0.15) is 13.8 Å². The van der Waals surface area contributed by atoms with E-state index in [0.717, 1.165) is 13.8 Å². The van der Waals surface area contributed by atoms with Gasteiger partial charge >= 0.3 is 5.97 Å². The van der Waals surface area contributed by atoms with E-state index in [4.69, 9.17) is 52.1 Å². The second-order valence-electron chi connectivity index (χ2n) is 18.3. The van der Waals surface area contributed by atoms with Gasteiger partial charge in [0.25, 0.3) is 0 Å². The lowest BCUT2D eigenvalue weighted by molar-refractivity contribution is -0.377. The highest BCUT2D eigenvalue weighted by Gasteiger charge is 2.57. The van der Waals surface area contributed by atoms with Crippen molar-refractivity contribution < 1.29 is 158 Å². The number of aliphatic carboxylic acids is 1. The number of rotatable bonds is 18. The Balaban J connectivity index is 1.11. The molecule has 6 rings (SSSR count). The first-order valence-electron chi connectivity index (χ1n) is 23.1. The van der Waals surface area contributed by atoms with Crippen molar-refractivity contribution in [3.8, 4) is 0 Å². The molecule has 0 aromatic rings. The van der Waals surface area contributed by atoms with E-state index >= 15 is 0 Å². The summed E-state index contributed by atoms with van der Waals surface area (Å²) < 4.78 is 61.4. The molecule has 6 fully saturated rings. The first kappa shape index (κ1) is 60.5. The van der Waals surface area contributed by atoms with Crippen molar-refractivity contribution in [2.75, 3.05) is 33.0 Å². The van der Waals surface area contributed by atoms with E-state index in [2.05, 4.69) is 10.6 Å². The molecule has 0 bridgehead atoms. The van der Waals surface area contributed by atoms with Crippen LogP contribution >= 0.6 is 0 Å². The highest BCUT2D eigenvalue weighted by Crippen LogP contribution is 2.36. The topological polar surface area (TPSA) is 541 Å². The molecule has 0 unspecified atom stereocenters. The molecule has 6 aliphatic rings. The van der Waals surface area contributed by atoms with Crippen LogP contribution in [0.5, 0.6) is 0 Å². The fraction of sp³-hybridized carbons (Fsp3) is 0.925. The summed E-state index contributed by atoms with van der Waals surface area (Å²) in [6, 6.07) is -3.37. The van der Waals surface area contributed by atoms with E-state index in [1.54, 1.807) is 0 Å². The van der Waals surface area contributed by atoms with E-state index in [1.807, 2.05) is 0 Å². The Morgan fingerprint density at radius 2 is 0.797 bits per heavy atom. The first-order chi connectivity index (χ1) is 34.9. The van der Waals surface area contributed by atoms with E-state index in [1.165, 1.54) is 0 Å². The van der Waals surface area contributed by atoms with Crippen LogP contribution in [0.25, 0.3) is 0 Å². The highest BCUT2D eigenvalue weighted by atomic mass is 16.8. The highest BCUT2D eigenvalue weighted by molar-refractivity contribution is 5.74. The molecular weight excluding hydrogens is 1020 g/mol. The van der Waals surface area contributed by atoms with E-state index in [-0.39, 0.29) is 0 Å². The molecule has 74 heavy (non-hydrogen) atoms. The molecule has 0 radical (unpaired) electrons. The number of ether oxygens (including phenoxy) is 11. The van der Waals surface area contributed by atoms with Gasteiger partial charge in [-0.15, -0.1) is 0 Å². The quantitative estimate of drug-likeness (QED) is 0.0606. The van der Waals surface area contributed by atoms with Crippen molar-refractivity contribution in [3.05, 3.63) is 0 Å². The number of hydrogen-bond donors (Lipinski definition) is 20. The van der Waals surface area contributed by atoms with E-state index < -0.39 is 235 Å². The molecule has 30 atom stereocenters. The zero-order valence-electron chi connectivity index (χ0n) is 39.1. The van der Waals surface area contributed by atoms with Crippen molar-refractivity contribution in [2.45, 2.75) is 198 Å². The van der Waals surface area contributed by atoms with Gasteiger partial charge in [0.2, 0.25) is 11.8 Å². The summed E-state index contributed by atoms with van der Waals surface area (Å²) in [6.45, 7) is -2.66. The second kappa shape index (κ2) is 25.8. The maximum Gasteiger partial charge on any atom is 0.335 e. The minimum Gasteiger partial charge on any atom is -0.479 e. The summed E-state index contributed by atoms with van der Waals surface area (Å²) in [4.78, 5) is 36.4. The van der Waals surface area contributed by atoms with Gasteiger partial charge < -0.3 is 155 Å². The van der Waals surface area contributed by atoms with Crippen LogP contribution in [-0.4, -0.2) is 327 Å². The number of aliphatic hydroxyl groups is 17. The minimum atomic E-state index is -2.21. The van der Waals surface area contributed by atoms with Gasteiger partial charge in [-0.2, -0.15) is 0 Å². The van der Waals surface area contributed by atoms with Crippen LogP contribution in [0.3, 0.4) is 0 Å². The fourth-order valence-corrected chi connectivity index (χ4v) is 9.19. The molecule has 428 valence electrons. The van der Waals surface area contributed by atoms with Gasteiger partial charge in [-0.3, -0.25) is 9.59 Å². The standard InChI is InChI=1S/C40H66N2O32/c1-8(47)41-15-20(52)29(71-40-28(60)31(19(51)11(4-44)67-40)72-39-27(59)23(55)25(57)32(73-39)34(61)62)12(5-45)68-36(15)64-7-14-18(50)24(56)33(35(63)65-14)74-37-16(42-9(2)48)21(53)30(13(6-46)69-37)70-38-26(58)22(54)17(49)10(3-43)66-38/h10-33,35-40,43-46,49-60,63H,3-7H2,1-2H3,(H,41,47)(H,42,48)(H,61,62)/t10-,11-,12-,13-,14-,15-,16-,17+,18-,19+,20-,21-,22+,23+,24+,25+,26-,27-,28-,29-,30-,31+,32+,33+,35+,36-,37+,38+,39-,40+/m1/s1. The number of aliphatic hydroxyl groups excluding tert-OH is 17. The largest absolute Gasteiger partial charge is 0.479 e. The number of carboxylic acids is 1. The molecule has 20 N–H and O–H groups in total. The number of carbonyl (C=O) groups excluding carboxylic acids is 2. The van der Waals surface area contributed by atoms with Gasteiger partial charge in [-0.05, 0) is 0 Å². The average molecular weight is 1090 g/mol. The lowest BCUT2D eigenvalue weighted by Crippen LogP contribution is -2.69. The van der Waals surface area contributed by atoms with Crippen molar-refractivity contribution in [2.24, 2.45) is 0 Å². The second-order valence-corrected chi connectivity index (χ2v) is 18.3. The average Bonchev–Trinajstić information content (AvgIpc) is 3.35. The van der Waals surface area contributed by atoms with Crippen molar-refractivity contribution in [1.82, 2.24) is 10.6 Å². The van der Waals surface area contributed by atoms with Crippen LogP contribution in [0, 0.1) is 0 Å². The minimum absolute atomic E-state index is 0.809. The third-order valence-corrected chi connectivity index (χ3v) is 13.2. The van der Waals surface area contributed by atoms with Gasteiger partial charge in [0, 0.05) is 13.8 Å². The van der Waals surface area contributed by atoms with Crippen molar-refractivity contribution in [1.29, 1.82) is 0 Å². The summed E-state index contributed by atoms with van der Waals surface area (Å²) >= 11 is 0. The first-order valence-corrected chi connectivity index (χ1v) is 23.1. The Bertz CT molecular complexity index is 1830. The molecule has 34 heteroatoms. The van der Waals surface area contributed by atoms with Crippen LogP contribution in [0.2, 0.25) is 0 Å². The number of carboxylic acid groups (broad SMARTS) is 1. The Labute approximate surface area is 417 Å². The number of carbonyl (C=O) groups is 3. The Hall–Kier alpha value is -2.71. The summed E-state index contributed by atoms with van der Waals surface area (Å²) in [5.41, 5.74) is 0. The van der Waals surface area contributed by atoms with Crippen LogP contribution < -0.4 is 10.6 Å².